The smallest absolute Gasteiger partial charge is 0.330 e. The number of phenols is 5. The topological polar surface area (TPSA) is 363 Å². The maximum Gasteiger partial charge on any atom is 0.330 e. The highest BCUT2D eigenvalue weighted by molar-refractivity contribution is 5.87. The monoisotopic (exact) mass is 920 g/mol. The Labute approximate surface area is 367 Å². The van der Waals surface area contributed by atoms with E-state index in [0.29, 0.717) is 5.56 Å². The van der Waals surface area contributed by atoms with Crippen molar-refractivity contribution < 1.29 is 114 Å². The van der Waals surface area contributed by atoms with Crippen LogP contribution in [0.15, 0.2) is 60.4 Å². The van der Waals surface area contributed by atoms with Crippen molar-refractivity contribution in [3.05, 3.63) is 77.1 Å². The molecule has 0 aromatic heterocycles. The van der Waals surface area contributed by atoms with E-state index in [4.69, 9.17) is 42.6 Å². The molecule has 0 amide bonds. The van der Waals surface area contributed by atoms with Crippen molar-refractivity contribution >= 4 is 18.1 Å². The molecular formula is C42H48O23. The van der Waals surface area contributed by atoms with Crippen LogP contribution >= 0.6 is 0 Å². The van der Waals surface area contributed by atoms with Gasteiger partial charge in [-0.15, -0.1) is 0 Å². The molecule has 0 aliphatic carbocycles. The number of methoxy groups -OCH3 is 1. The van der Waals surface area contributed by atoms with E-state index in [2.05, 4.69) is 0 Å². The molecular weight excluding hydrogens is 872 g/mol. The van der Waals surface area contributed by atoms with Gasteiger partial charge in [-0.05, 0) is 42.0 Å². The first-order valence-corrected chi connectivity index (χ1v) is 19.9. The number of hydrogen-bond donors (Lipinski definition) is 13. The van der Waals surface area contributed by atoms with Gasteiger partial charge in [0.05, 0.1) is 25.9 Å². The molecule has 354 valence electrons. The quantitative estimate of drug-likeness (QED) is 0.0475. The van der Waals surface area contributed by atoms with E-state index in [-0.39, 0.29) is 39.9 Å². The molecule has 4 aliphatic rings. The summed E-state index contributed by atoms with van der Waals surface area (Å²) in [6.45, 7) is -2.01. The maximum absolute atomic E-state index is 12.5. The van der Waals surface area contributed by atoms with Crippen LogP contribution in [0.25, 0.3) is 12.2 Å². The van der Waals surface area contributed by atoms with Crippen molar-refractivity contribution in [2.75, 3.05) is 26.9 Å². The van der Waals surface area contributed by atoms with Crippen molar-refractivity contribution in [2.45, 2.75) is 92.1 Å². The number of phenolic OH excluding ortho intramolecular Hbond substituents is 5. The van der Waals surface area contributed by atoms with Crippen LogP contribution in [0.1, 0.15) is 22.8 Å². The van der Waals surface area contributed by atoms with Gasteiger partial charge in [0, 0.05) is 23.8 Å². The summed E-state index contributed by atoms with van der Waals surface area (Å²) < 4.78 is 51.0. The number of esters is 1. The molecule has 4 aliphatic heterocycles. The first kappa shape index (κ1) is 47.5. The molecule has 7 rings (SSSR count). The number of aliphatic hydroxyl groups excluding tert-OH is 8. The molecule has 15 atom stereocenters. The van der Waals surface area contributed by atoms with E-state index in [1.54, 1.807) is 0 Å². The van der Waals surface area contributed by atoms with E-state index in [9.17, 15) is 71.2 Å². The van der Waals surface area contributed by atoms with E-state index < -0.39 is 135 Å². The van der Waals surface area contributed by atoms with Crippen LogP contribution < -0.4 is 9.47 Å². The summed E-state index contributed by atoms with van der Waals surface area (Å²) in [6, 6.07) is 10.1. The standard InChI is InChI=1S/C42H48O23/c1-57-25-8-16(2-5-21(25)45)3-7-30(48)58-13-28-31(49)34(52)37(55)41(64-28)60-15-29-32(50)35(53)39(59-14-27-33(51)36(54)40(56)62-27)42(65-29)63-26-12-19-22(46)10-18(43)11-24(19)61-38(26)17-4-6-20(44)23(47)9-17/h2-12,27-29,31-47,49-56H,13-15H2,1H3. The molecule has 0 bridgehead atoms. The molecule has 23 nitrogen and oxygen atoms in total. The number of aliphatic hydroxyl groups is 8. The van der Waals surface area contributed by atoms with Crippen LogP contribution in [0, 0.1) is 0 Å². The fourth-order valence-corrected chi connectivity index (χ4v) is 7.35. The Balaban J connectivity index is 1.09. The summed E-state index contributed by atoms with van der Waals surface area (Å²) in [7, 11) is 1.35. The second-order valence-corrected chi connectivity index (χ2v) is 15.4. The number of rotatable bonds is 14. The molecule has 3 aromatic carbocycles. The molecule has 0 radical (unpaired) electrons. The van der Waals surface area contributed by atoms with Gasteiger partial charge < -0.3 is 109 Å². The summed E-state index contributed by atoms with van der Waals surface area (Å²) in [4.78, 5) is 12.5. The minimum atomic E-state index is -1.94. The number of fused-ring (bicyclic) bond motifs is 1. The van der Waals surface area contributed by atoms with Gasteiger partial charge in [-0.2, -0.15) is 0 Å². The Bertz CT molecular complexity index is 2220. The summed E-state index contributed by atoms with van der Waals surface area (Å²) in [6.07, 6.45) is -22.0. The van der Waals surface area contributed by atoms with Crippen LogP contribution in [-0.2, 0) is 38.0 Å². The fraction of sp³-hybridized carbons (Fsp3) is 0.452. The van der Waals surface area contributed by atoms with Gasteiger partial charge in [-0.1, -0.05) is 12.1 Å². The molecule has 4 heterocycles. The lowest BCUT2D eigenvalue weighted by atomic mass is 9.97. The zero-order valence-electron chi connectivity index (χ0n) is 34.0. The molecule has 3 fully saturated rings. The number of ether oxygens (including phenoxy) is 9. The van der Waals surface area contributed by atoms with Crippen LogP contribution in [0.3, 0.4) is 0 Å². The van der Waals surface area contributed by atoms with Crippen molar-refractivity contribution in [3.8, 4) is 40.2 Å². The van der Waals surface area contributed by atoms with Crippen molar-refractivity contribution in [3.63, 3.8) is 0 Å². The molecule has 0 saturated carbocycles. The van der Waals surface area contributed by atoms with Gasteiger partial charge in [0.15, 0.2) is 41.7 Å². The van der Waals surface area contributed by atoms with E-state index in [1.807, 2.05) is 0 Å². The van der Waals surface area contributed by atoms with Crippen LogP contribution in [-0.4, -0.2) is 185 Å². The Morgan fingerprint density at radius 3 is 2.02 bits per heavy atom. The zero-order chi connectivity index (χ0) is 46.9. The Hall–Kier alpha value is -5.51. The Morgan fingerprint density at radius 1 is 0.646 bits per heavy atom. The van der Waals surface area contributed by atoms with Crippen molar-refractivity contribution in [1.29, 1.82) is 0 Å². The number of carbonyl (C=O) groups excluding carboxylic acids is 1. The maximum atomic E-state index is 12.5. The normalized spacial score (nSPS) is 33.5. The highest BCUT2D eigenvalue weighted by Gasteiger charge is 2.51. The largest absolute Gasteiger partial charge is 0.508 e. The Morgan fingerprint density at radius 2 is 1.31 bits per heavy atom. The lowest BCUT2D eigenvalue weighted by Crippen LogP contribution is -2.62. The number of carbonyl (C=O) groups is 1. The fourth-order valence-electron chi connectivity index (χ4n) is 7.35. The molecule has 3 saturated heterocycles. The minimum Gasteiger partial charge on any atom is -0.508 e. The van der Waals surface area contributed by atoms with Crippen molar-refractivity contribution in [1.82, 2.24) is 0 Å². The highest BCUT2D eigenvalue weighted by atomic mass is 16.7. The number of hydrogen-bond acceptors (Lipinski definition) is 23. The molecule has 23 heteroatoms. The average Bonchev–Trinajstić information content (AvgIpc) is 3.52. The summed E-state index contributed by atoms with van der Waals surface area (Å²) in [5.41, 5.74) is 0.612. The van der Waals surface area contributed by atoms with Crippen molar-refractivity contribution in [2.24, 2.45) is 0 Å². The molecule has 3 aromatic rings. The SMILES string of the molecule is COc1cc(C=CC(=O)OCC2OC(OCC3OC(OC4=Cc5c(O)cc(O)cc5OC4c4ccc(O)c(O)c4)C(OCC4OC(O)C(O)C4O)C(O)C3O)C(O)C(O)C2O)ccc1O. The van der Waals surface area contributed by atoms with Gasteiger partial charge in [-0.3, -0.25) is 0 Å². The second-order valence-electron chi connectivity index (χ2n) is 15.4. The number of aromatic hydroxyl groups is 5. The zero-order valence-corrected chi connectivity index (χ0v) is 34.0. The predicted molar refractivity (Wildman–Crippen MR) is 213 cm³/mol. The molecule has 13 N–H and O–H groups in total. The summed E-state index contributed by atoms with van der Waals surface area (Å²) >= 11 is 0. The van der Waals surface area contributed by atoms with Gasteiger partial charge in [0.25, 0.3) is 0 Å². The van der Waals surface area contributed by atoms with Gasteiger partial charge in [0.1, 0.15) is 96.8 Å². The first-order valence-electron chi connectivity index (χ1n) is 19.9. The third kappa shape index (κ3) is 10.3. The van der Waals surface area contributed by atoms with E-state index in [1.165, 1.54) is 49.6 Å². The van der Waals surface area contributed by atoms with Gasteiger partial charge >= 0.3 is 5.97 Å². The molecule has 0 spiro atoms. The first-order chi connectivity index (χ1) is 30.9. The van der Waals surface area contributed by atoms with E-state index >= 15 is 0 Å². The Kier molecular flexibility index (Phi) is 14.5. The minimum absolute atomic E-state index is 0.00492. The molecule has 65 heavy (non-hydrogen) atoms. The number of benzene rings is 3. The highest BCUT2D eigenvalue weighted by Crippen LogP contribution is 2.46. The predicted octanol–water partition coefficient (Wildman–Crippen LogP) is -1.93. The average molecular weight is 921 g/mol. The second kappa shape index (κ2) is 19.9. The van der Waals surface area contributed by atoms with Gasteiger partial charge in [-0.25, -0.2) is 4.79 Å². The molecule has 15 unspecified atom stereocenters. The summed E-state index contributed by atoms with van der Waals surface area (Å²) in [5, 5.41) is 136. The third-order valence-corrected chi connectivity index (χ3v) is 11.0. The van der Waals surface area contributed by atoms with Gasteiger partial charge in [0.2, 0.25) is 6.29 Å². The van der Waals surface area contributed by atoms with E-state index in [0.717, 1.165) is 24.3 Å². The summed E-state index contributed by atoms with van der Waals surface area (Å²) in [5.74, 6) is -3.00. The van der Waals surface area contributed by atoms with Crippen LogP contribution in [0.4, 0.5) is 0 Å². The lowest BCUT2D eigenvalue weighted by molar-refractivity contribution is -0.333. The van der Waals surface area contributed by atoms with Crippen LogP contribution in [0.5, 0.6) is 40.2 Å². The lowest BCUT2D eigenvalue weighted by Gasteiger charge is -2.44. The third-order valence-electron chi connectivity index (χ3n) is 11.0. The van der Waals surface area contributed by atoms with Crippen LogP contribution in [0.2, 0.25) is 0 Å².